The van der Waals surface area contributed by atoms with Crippen molar-refractivity contribution in [2.45, 2.75) is 39.5 Å². The first-order valence-corrected chi connectivity index (χ1v) is 9.58. The van der Waals surface area contributed by atoms with Crippen molar-refractivity contribution in [2.75, 3.05) is 32.5 Å². The van der Waals surface area contributed by atoms with E-state index in [1.807, 2.05) is 25.1 Å². The average Bonchev–Trinajstić information content (AvgIpc) is 2.61. The fourth-order valence-corrected chi connectivity index (χ4v) is 2.93. The Bertz CT molecular complexity index is 725. The van der Waals surface area contributed by atoms with Gasteiger partial charge in [-0.2, -0.15) is 0 Å². The molecule has 0 aliphatic heterocycles. The van der Waals surface area contributed by atoms with Crippen LogP contribution >= 0.6 is 0 Å². The third-order valence-corrected chi connectivity index (χ3v) is 4.48. The van der Waals surface area contributed by atoms with Crippen LogP contribution in [-0.4, -0.2) is 43.0 Å². The first-order chi connectivity index (χ1) is 12.8. The van der Waals surface area contributed by atoms with Crippen molar-refractivity contribution in [3.8, 4) is 0 Å². The van der Waals surface area contributed by atoms with Gasteiger partial charge in [0.05, 0.1) is 11.9 Å². The zero-order valence-electron chi connectivity index (χ0n) is 17.3. The highest BCUT2D eigenvalue weighted by Crippen LogP contribution is 2.34. The molecule has 1 heterocycles. The van der Waals surface area contributed by atoms with E-state index in [0.717, 1.165) is 17.9 Å². The van der Waals surface area contributed by atoms with Gasteiger partial charge in [0, 0.05) is 18.8 Å². The molecule has 0 atom stereocenters. The van der Waals surface area contributed by atoms with Crippen LogP contribution in [0.3, 0.4) is 0 Å². The summed E-state index contributed by atoms with van der Waals surface area (Å²) in [5, 5.41) is 6.41. The molecule has 5 heteroatoms. The van der Waals surface area contributed by atoms with E-state index in [1.54, 1.807) is 12.3 Å². The van der Waals surface area contributed by atoms with E-state index in [2.05, 4.69) is 61.5 Å². The van der Waals surface area contributed by atoms with Gasteiger partial charge >= 0.3 is 0 Å². The summed E-state index contributed by atoms with van der Waals surface area (Å²) in [6.07, 6.45) is 1.72. The van der Waals surface area contributed by atoms with Crippen LogP contribution in [0.5, 0.6) is 0 Å². The molecule has 0 radical (unpaired) electrons. The second-order valence-corrected chi connectivity index (χ2v) is 7.74. The van der Waals surface area contributed by atoms with E-state index in [-0.39, 0.29) is 5.91 Å². The zero-order valence-corrected chi connectivity index (χ0v) is 17.3. The first kappa shape index (κ1) is 20.9. The number of nitrogens with one attached hydrogen (secondary N) is 2. The summed E-state index contributed by atoms with van der Waals surface area (Å²) in [5.41, 5.74) is 5.03. The molecule has 5 nitrogen and oxygen atoms in total. The number of hydrogen-bond acceptors (Lipinski definition) is 4. The molecule has 27 heavy (non-hydrogen) atoms. The van der Waals surface area contributed by atoms with E-state index >= 15 is 0 Å². The molecule has 0 saturated heterocycles. The molecule has 1 amide bonds. The van der Waals surface area contributed by atoms with Gasteiger partial charge in [-0.05, 0) is 49.2 Å². The van der Waals surface area contributed by atoms with Crippen molar-refractivity contribution < 1.29 is 4.79 Å². The molecule has 146 valence electrons. The van der Waals surface area contributed by atoms with Crippen LogP contribution in [0.25, 0.3) is 0 Å². The van der Waals surface area contributed by atoms with Crippen molar-refractivity contribution in [3.05, 3.63) is 53.3 Å². The van der Waals surface area contributed by atoms with Crippen molar-refractivity contribution in [1.29, 1.82) is 0 Å². The van der Waals surface area contributed by atoms with Crippen LogP contribution in [0.15, 0.2) is 36.5 Å². The summed E-state index contributed by atoms with van der Waals surface area (Å²) in [6, 6.07) is 10.1. The SMILES string of the molecule is CC(C)c1cccc(C(C)C)c1Nc1ccc(C(=O)NCCN(C)C)nc1. The lowest BCUT2D eigenvalue weighted by molar-refractivity contribution is 0.0946. The molecule has 0 saturated carbocycles. The molecule has 1 aromatic heterocycles. The largest absolute Gasteiger partial charge is 0.354 e. The minimum absolute atomic E-state index is 0.145. The van der Waals surface area contributed by atoms with Gasteiger partial charge in [0.1, 0.15) is 5.69 Å². The number of anilines is 2. The number of aromatic nitrogens is 1. The highest BCUT2D eigenvalue weighted by atomic mass is 16.1. The number of rotatable bonds is 8. The molecular weight excluding hydrogens is 336 g/mol. The molecule has 0 aliphatic rings. The van der Waals surface area contributed by atoms with Crippen molar-refractivity contribution >= 4 is 17.3 Å². The van der Waals surface area contributed by atoms with Gasteiger partial charge in [0.25, 0.3) is 5.91 Å². The molecule has 0 spiro atoms. The lowest BCUT2D eigenvalue weighted by atomic mass is 9.92. The van der Waals surface area contributed by atoms with E-state index in [4.69, 9.17) is 0 Å². The Balaban J connectivity index is 2.16. The number of amides is 1. The van der Waals surface area contributed by atoms with Gasteiger partial charge in [-0.3, -0.25) is 4.79 Å². The number of benzene rings is 1. The topological polar surface area (TPSA) is 57.3 Å². The van der Waals surface area contributed by atoms with E-state index < -0.39 is 0 Å². The predicted molar refractivity (Wildman–Crippen MR) is 113 cm³/mol. The average molecular weight is 369 g/mol. The van der Waals surface area contributed by atoms with Gasteiger partial charge in [0.2, 0.25) is 0 Å². The van der Waals surface area contributed by atoms with Crippen LogP contribution in [0, 0.1) is 0 Å². The number of carbonyl (C=O) groups excluding carboxylic acids is 1. The van der Waals surface area contributed by atoms with Gasteiger partial charge in [-0.25, -0.2) is 4.98 Å². The Kier molecular flexibility index (Phi) is 7.36. The molecule has 0 aliphatic carbocycles. The van der Waals surface area contributed by atoms with Gasteiger partial charge in [0.15, 0.2) is 0 Å². The van der Waals surface area contributed by atoms with E-state index in [1.165, 1.54) is 11.1 Å². The third-order valence-electron chi connectivity index (χ3n) is 4.48. The Morgan fingerprint density at radius 2 is 1.67 bits per heavy atom. The maximum atomic E-state index is 12.2. The number of likely N-dealkylation sites (N-methyl/N-ethyl adjacent to an activating group) is 1. The number of pyridine rings is 1. The van der Waals surface area contributed by atoms with Gasteiger partial charge in [-0.1, -0.05) is 45.9 Å². The Labute approximate surface area is 163 Å². The smallest absolute Gasteiger partial charge is 0.269 e. The number of hydrogen-bond donors (Lipinski definition) is 2. The number of para-hydroxylation sites is 1. The van der Waals surface area contributed by atoms with Gasteiger partial charge in [-0.15, -0.1) is 0 Å². The molecule has 0 bridgehead atoms. The molecule has 2 aromatic rings. The summed E-state index contributed by atoms with van der Waals surface area (Å²) in [4.78, 5) is 18.5. The van der Waals surface area contributed by atoms with Crippen LogP contribution in [-0.2, 0) is 0 Å². The minimum atomic E-state index is -0.145. The Hall–Kier alpha value is -2.40. The summed E-state index contributed by atoms with van der Waals surface area (Å²) in [7, 11) is 3.95. The third kappa shape index (κ3) is 5.79. The number of nitrogens with zero attached hydrogens (tertiary/aromatic N) is 2. The first-order valence-electron chi connectivity index (χ1n) is 9.58. The Morgan fingerprint density at radius 1 is 1.04 bits per heavy atom. The summed E-state index contributed by atoms with van der Waals surface area (Å²) in [6.45, 7) is 10.2. The second-order valence-electron chi connectivity index (χ2n) is 7.74. The molecule has 0 fully saturated rings. The monoisotopic (exact) mass is 368 g/mol. The summed E-state index contributed by atoms with van der Waals surface area (Å²) in [5.74, 6) is 0.690. The molecule has 1 aromatic carbocycles. The minimum Gasteiger partial charge on any atom is -0.354 e. The van der Waals surface area contributed by atoms with Crippen LogP contribution in [0.2, 0.25) is 0 Å². The van der Waals surface area contributed by atoms with E-state index in [0.29, 0.717) is 24.1 Å². The summed E-state index contributed by atoms with van der Waals surface area (Å²) >= 11 is 0. The van der Waals surface area contributed by atoms with Crippen LogP contribution < -0.4 is 10.6 Å². The lowest BCUT2D eigenvalue weighted by Gasteiger charge is -2.21. The fraction of sp³-hybridized carbons (Fsp3) is 0.455. The van der Waals surface area contributed by atoms with Crippen molar-refractivity contribution in [2.24, 2.45) is 0 Å². The molecule has 0 unspecified atom stereocenters. The number of carbonyl (C=O) groups is 1. The van der Waals surface area contributed by atoms with Crippen molar-refractivity contribution in [3.63, 3.8) is 0 Å². The van der Waals surface area contributed by atoms with Gasteiger partial charge < -0.3 is 15.5 Å². The maximum Gasteiger partial charge on any atom is 0.269 e. The lowest BCUT2D eigenvalue weighted by Crippen LogP contribution is -2.31. The second kappa shape index (κ2) is 9.51. The van der Waals surface area contributed by atoms with Crippen LogP contribution in [0.4, 0.5) is 11.4 Å². The highest BCUT2D eigenvalue weighted by Gasteiger charge is 2.14. The highest BCUT2D eigenvalue weighted by molar-refractivity contribution is 5.92. The molecular formula is C22H32N4O. The standard InChI is InChI=1S/C22H32N4O/c1-15(2)18-8-7-9-19(16(3)4)21(18)25-17-10-11-20(24-14-17)22(27)23-12-13-26(5)6/h7-11,14-16,25H,12-13H2,1-6H3,(H,23,27). The molecule has 2 N–H and O–H groups in total. The maximum absolute atomic E-state index is 12.2. The van der Waals surface area contributed by atoms with Crippen LogP contribution in [0.1, 0.15) is 61.1 Å². The van der Waals surface area contributed by atoms with Crippen molar-refractivity contribution in [1.82, 2.24) is 15.2 Å². The zero-order chi connectivity index (χ0) is 20.0. The predicted octanol–water partition coefficient (Wildman–Crippen LogP) is 4.36. The normalized spacial score (nSPS) is 11.3. The quantitative estimate of drug-likeness (QED) is 0.727. The van der Waals surface area contributed by atoms with E-state index in [9.17, 15) is 4.79 Å². The molecule has 2 rings (SSSR count). The fourth-order valence-electron chi connectivity index (χ4n) is 2.93. The Morgan fingerprint density at radius 3 is 2.15 bits per heavy atom. The summed E-state index contributed by atoms with van der Waals surface area (Å²) < 4.78 is 0.